The zero-order valence-corrected chi connectivity index (χ0v) is 12.5. The first kappa shape index (κ1) is 16.5. The third kappa shape index (κ3) is 6.04. The van der Waals surface area contributed by atoms with E-state index in [1.54, 1.807) is 20.8 Å². The van der Waals surface area contributed by atoms with Gasteiger partial charge in [-0.1, -0.05) is 29.8 Å². The van der Waals surface area contributed by atoms with Crippen molar-refractivity contribution in [2.75, 3.05) is 6.61 Å². The molecule has 1 atom stereocenters. The van der Waals surface area contributed by atoms with Crippen LogP contribution in [0.3, 0.4) is 0 Å². The standard InChI is InChI=1S/C15H23NO4/c1-11-6-5-7-12(10-11)13(8-9-17)20-16-14(18)19-15(2,3)4/h5-7,10,13,17H,8-9H2,1-4H3,(H,16,18). The Labute approximate surface area is 119 Å². The normalized spacial score (nSPS) is 12.8. The summed E-state index contributed by atoms with van der Waals surface area (Å²) in [5.74, 6) is 0. The van der Waals surface area contributed by atoms with Crippen molar-refractivity contribution in [1.82, 2.24) is 5.48 Å². The molecule has 5 heteroatoms. The van der Waals surface area contributed by atoms with Crippen molar-refractivity contribution in [3.8, 4) is 0 Å². The van der Waals surface area contributed by atoms with Gasteiger partial charge in [-0.2, -0.15) is 5.48 Å². The molecular formula is C15H23NO4. The summed E-state index contributed by atoms with van der Waals surface area (Å²) < 4.78 is 5.09. The number of aliphatic hydroxyl groups is 1. The van der Waals surface area contributed by atoms with Gasteiger partial charge in [0.2, 0.25) is 0 Å². The van der Waals surface area contributed by atoms with Gasteiger partial charge in [0.25, 0.3) is 0 Å². The highest BCUT2D eigenvalue weighted by molar-refractivity contribution is 5.66. The van der Waals surface area contributed by atoms with E-state index in [2.05, 4.69) is 5.48 Å². The Morgan fingerprint density at radius 2 is 2.10 bits per heavy atom. The Morgan fingerprint density at radius 1 is 1.40 bits per heavy atom. The van der Waals surface area contributed by atoms with Crippen LogP contribution in [0.4, 0.5) is 4.79 Å². The largest absolute Gasteiger partial charge is 0.442 e. The van der Waals surface area contributed by atoms with Crippen molar-refractivity contribution >= 4 is 6.09 Å². The average molecular weight is 281 g/mol. The molecule has 0 saturated heterocycles. The third-order valence-corrected chi connectivity index (χ3v) is 2.49. The molecule has 20 heavy (non-hydrogen) atoms. The summed E-state index contributed by atoms with van der Waals surface area (Å²) >= 11 is 0. The number of hydroxylamine groups is 1. The van der Waals surface area contributed by atoms with E-state index in [-0.39, 0.29) is 6.61 Å². The van der Waals surface area contributed by atoms with Gasteiger partial charge in [0.1, 0.15) is 11.7 Å². The highest BCUT2D eigenvalue weighted by Crippen LogP contribution is 2.21. The van der Waals surface area contributed by atoms with E-state index >= 15 is 0 Å². The minimum Gasteiger partial charge on any atom is -0.442 e. The number of ether oxygens (including phenoxy) is 1. The molecule has 0 radical (unpaired) electrons. The van der Waals surface area contributed by atoms with Gasteiger partial charge in [0.05, 0.1) is 0 Å². The highest BCUT2D eigenvalue weighted by atomic mass is 16.7. The molecule has 5 nitrogen and oxygen atoms in total. The van der Waals surface area contributed by atoms with Crippen molar-refractivity contribution in [1.29, 1.82) is 0 Å². The molecule has 0 heterocycles. The molecule has 1 aromatic rings. The molecule has 0 aliphatic rings. The maximum atomic E-state index is 11.5. The highest BCUT2D eigenvalue weighted by Gasteiger charge is 2.18. The van der Waals surface area contributed by atoms with E-state index in [0.29, 0.717) is 6.42 Å². The lowest BCUT2D eigenvalue weighted by Gasteiger charge is -2.22. The van der Waals surface area contributed by atoms with E-state index in [0.717, 1.165) is 11.1 Å². The van der Waals surface area contributed by atoms with Crippen molar-refractivity contribution in [3.63, 3.8) is 0 Å². The van der Waals surface area contributed by atoms with Gasteiger partial charge in [-0.15, -0.1) is 0 Å². The third-order valence-electron chi connectivity index (χ3n) is 2.49. The van der Waals surface area contributed by atoms with E-state index in [9.17, 15) is 4.79 Å². The second-order valence-corrected chi connectivity index (χ2v) is 5.64. The number of hydrogen-bond donors (Lipinski definition) is 2. The maximum absolute atomic E-state index is 11.5. The summed E-state index contributed by atoms with van der Waals surface area (Å²) in [6, 6.07) is 7.73. The Hall–Kier alpha value is -1.59. The predicted octanol–water partition coefficient (Wildman–Crippen LogP) is 2.87. The van der Waals surface area contributed by atoms with Gasteiger partial charge in [-0.3, -0.25) is 4.84 Å². The molecule has 1 aromatic carbocycles. The van der Waals surface area contributed by atoms with E-state index in [1.807, 2.05) is 31.2 Å². The van der Waals surface area contributed by atoms with Gasteiger partial charge in [-0.25, -0.2) is 4.79 Å². The zero-order valence-electron chi connectivity index (χ0n) is 12.5. The molecular weight excluding hydrogens is 258 g/mol. The molecule has 1 unspecified atom stereocenters. The SMILES string of the molecule is Cc1cccc(C(CCO)ONC(=O)OC(C)(C)C)c1. The predicted molar refractivity (Wildman–Crippen MR) is 76.1 cm³/mol. The fourth-order valence-corrected chi connectivity index (χ4v) is 1.70. The van der Waals surface area contributed by atoms with E-state index in [1.165, 1.54) is 0 Å². The van der Waals surface area contributed by atoms with Gasteiger partial charge in [0.15, 0.2) is 0 Å². The van der Waals surface area contributed by atoms with Crippen LogP contribution < -0.4 is 5.48 Å². The van der Waals surface area contributed by atoms with Crippen LogP contribution in [-0.2, 0) is 9.57 Å². The number of carbonyl (C=O) groups is 1. The van der Waals surface area contributed by atoms with Crippen molar-refractivity contribution in [3.05, 3.63) is 35.4 Å². The van der Waals surface area contributed by atoms with Crippen LogP contribution in [0.1, 0.15) is 44.4 Å². The van der Waals surface area contributed by atoms with Crippen molar-refractivity contribution in [2.24, 2.45) is 0 Å². The molecule has 0 bridgehead atoms. The number of benzene rings is 1. The first-order valence-corrected chi connectivity index (χ1v) is 6.64. The van der Waals surface area contributed by atoms with Crippen LogP contribution in [0, 0.1) is 6.92 Å². The van der Waals surface area contributed by atoms with Gasteiger partial charge in [0, 0.05) is 13.0 Å². The van der Waals surface area contributed by atoms with Crippen LogP contribution >= 0.6 is 0 Å². The smallest absolute Gasteiger partial charge is 0.431 e. The summed E-state index contributed by atoms with van der Waals surface area (Å²) in [5.41, 5.74) is 3.68. The molecule has 0 aliphatic carbocycles. The number of aliphatic hydroxyl groups excluding tert-OH is 1. The number of aryl methyl sites for hydroxylation is 1. The van der Waals surface area contributed by atoms with Crippen LogP contribution in [0.25, 0.3) is 0 Å². The number of carbonyl (C=O) groups excluding carboxylic acids is 1. The molecule has 0 fully saturated rings. The summed E-state index contributed by atoms with van der Waals surface area (Å²) in [4.78, 5) is 16.9. The average Bonchev–Trinajstić information content (AvgIpc) is 2.32. The van der Waals surface area contributed by atoms with Crippen molar-refractivity contribution < 1.29 is 19.5 Å². The van der Waals surface area contributed by atoms with E-state index in [4.69, 9.17) is 14.7 Å². The lowest BCUT2D eigenvalue weighted by atomic mass is 10.0. The Balaban J connectivity index is 2.62. The van der Waals surface area contributed by atoms with Crippen LogP contribution in [0.2, 0.25) is 0 Å². The maximum Gasteiger partial charge on any atom is 0.431 e. The first-order valence-electron chi connectivity index (χ1n) is 6.64. The quantitative estimate of drug-likeness (QED) is 0.814. The summed E-state index contributed by atoms with van der Waals surface area (Å²) in [6.45, 7) is 7.27. The fourth-order valence-electron chi connectivity index (χ4n) is 1.70. The Bertz CT molecular complexity index is 440. The summed E-state index contributed by atoms with van der Waals surface area (Å²) in [5, 5.41) is 9.10. The molecule has 1 amide bonds. The first-order chi connectivity index (χ1) is 9.31. The molecule has 0 aromatic heterocycles. The van der Waals surface area contributed by atoms with Gasteiger partial charge in [-0.05, 0) is 33.3 Å². The van der Waals surface area contributed by atoms with Gasteiger partial charge < -0.3 is 9.84 Å². The Morgan fingerprint density at radius 3 is 2.65 bits per heavy atom. The fraction of sp³-hybridized carbons (Fsp3) is 0.533. The lowest BCUT2D eigenvalue weighted by molar-refractivity contribution is -0.0505. The molecule has 2 N–H and O–H groups in total. The van der Waals surface area contributed by atoms with Gasteiger partial charge >= 0.3 is 6.09 Å². The van der Waals surface area contributed by atoms with Crippen LogP contribution in [0.5, 0.6) is 0 Å². The van der Waals surface area contributed by atoms with Crippen LogP contribution in [-0.4, -0.2) is 23.4 Å². The molecule has 0 aliphatic heterocycles. The molecule has 1 rings (SSSR count). The second-order valence-electron chi connectivity index (χ2n) is 5.64. The summed E-state index contributed by atoms with van der Waals surface area (Å²) in [6.07, 6.45) is -0.667. The topological polar surface area (TPSA) is 67.8 Å². The second kappa shape index (κ2) is 7.26. The monoisotopic (exact) mass is 281 g/mol. The molecule has 112 valence electrons. The number of rotatable bonds is 5. The zero-order chi connectivity index (χ0) is 15.2. The molecule has 0 spiro atoms. The number of amides is 1. The van der Waals surface area contributed by atoms with Crippen LogP contribution in [0.15, 0.2) is 24.3 Å². The lowest BCUT2D eigenvalue weighted by Crippen LogP contribution is -2.33. The minimum absolute atomic E-state index is 0.0331. The Kier molecular flexibility index (Phi) is 5.98. The number of nitrogens with one attached hydrogen (secondary N) is 1. The van der Waals surface area contributed by atoms with Crippen molar-refractivity contribution in [2.45, 2.75) is 45.8 Å². The van der Waals surface area contributed by atoms with E-state index < -0.39 is 17.8 Å². The number of hydrogen-bond acceptors (Lipinski definition) is 4. The minimum atomic E-state index is -0.645. The summed E-state index contributed by atoms with van der Waals surface area (Å²) in [7, 11) is 0. The molecule has 0 saturated carbocycles.